The van der Waals surface area contributed by atoms with E-state index in [2.05, 4.69) is 14.8 Å². The molecule has 0 aromatic carbocycles. The summed E-state index contributed by atoms with van der Waals surface area (Å²) in [6.07, 6.45) is 3.46. The third-order valence-electron chi connectivity index (χ3n) is 3.33. The average Bonchev–Trinajstić information content (AvgIpc) is 2.77. The lowest BCUT2D eigenvalue weighted by Crippen LogP contribution is -2.42. The van der Waals surface area contributed by atoms with Gasteiger partial charge in [-0.05, 0) is 12.8 Å². The number of hydrogen-bond donors (Lipinski definition) is 1. The van der Waals surface area contributed by atoms with Crippen LogP contribution >= 0.6 is 11.3 Å². The number of carboxylic acids is 1. The smallest absolute Gasteiger partial charge is 0.320 e. The van der Waals surface area contributed by atoms with Crippen molar-refractivity contribution in [2.75, 3.05) is 31.1 Å². The number of nitrogens with zero attached hydrogens (tertiary/aromatic N) is 3. The number of carbonyl (C=O) groups is 1. The van der Waals surface area contributed by atoms with E-state index >= 15 is 0 Å². The van der Waals surface area contributed by atoms with Gasteiger partial charge in [0.05, 0.1) is 0 Å². The number of thiazole rings is 1. The maximum atomic E-state index is 11.2. The first-order chi connectivity index (χ1) is 8.72. The van der Waals surface area contributed by atoms with Crippen LogP contribution in [-0.2, 0) is 4.79 Å². The van der Waals surface area contributed by atoms with Gasteiger partial charge in [-0.1, -0.05) is 6.92 Å². The summed E-state index contributed by atoms with van der Waals surface area (Å²) < 4.78 is 0. The molecule has 0 bridgehead atoms. The van der Waals surface area contributed by atoms with Crippen LogP contribution in [0.1, 0.15) is 19.8 Å². The third kappa shape index (κ3) is 3.00. The zero-order chi connectivity index (χ0) is 13.0. The highest BCUT2D eigenvalue weighted by atomic mass is 32.1. The van der Waals surface area contributed by atoms with E-state index in [4.69, 9.17) is 0 Å². The minimum atomic E-state index is -0.708. The fourth-order valence-electron chi connectivity index (χ4n) is 2.40. The Hall–Kier alpha value is -1.14. The highest BCUT2D eigenvalue weighted by Gasteiger charge is 2.26. The number of aromatic nitrogens is 1. The Morgan fingerprint density at radius 1 is 1.50 bits per heavy atom. The van der Waals surface area contributed by atoms with Gasteiger partial charge >= 0.3 is 5.97 Å². The monoisotopic (exact) mass is 269 g/mol. The number of hydrogen-bond acceptors (Lipinski definition) is 5. The lowest BCUT2D eigenvalue weighted by molar-refractivity contribution is -0.143. The van der Waals surface area contributed by atoms with Crippen molar-refractivity contribution in [3.8, 4) is 0 Å². The lowest BCUT2D eigenvalue weighted by Gasteiger charge is -2.26. The van der Waals surface area contributed by atoms with Gasteiger partial charge in [0, 0.05) is 37.8 Å². The second-order valence-corrected chi connectivity index (χ2v) is 5.33. The summed E-state index contributed by atoms with van der Waals surface area (Å²) in [6.45, 7) is 5.40. The molecule has 1 N–H and O–H groups in total. The van der Waals surface area contributed by atoms with Crippen LogP contribution in [0.15, 0.2) is 11.6 Å². The van der Waals surface area contributed by atoms with Gasteiger partial charge in [0.15, 0.2) is 5.13 Å². The molecular formula is C12H19N3O2S. The summed E-state index contributed by atoms with van der Waals surface area (Å²) in [5.74, 6) is -0.708. The zero-order valence-corrected chi connectivity index (χ0v) is 11.4. The van der Waals surface area contributed by atoms with Gasteiger partial charge in [-0.25, -0.2) is 4.98 Å². The van der Waals surface area contributed by atoms with E-state index < -0.39 is 5.97 Å². The van der Waals surface area contributed by atoms with Crippen LogP contribution in [0.2, 0.25) is 0 Å². The van der Waals surface area contributed by atoms with Crippen molar-refractivity contribution in [1.82, 2.24) is 9.88 Å². The Balaban J connectivity index is 1.98. The van der Waals surface area contributed by atoms with Crippen molar-refractivity contribution in [1.29, 1.82) is 0 Å². The average molecular weight is 269 g/mol. The normalized spacial score (nSPS) is 19.5. The van der Waals surface area contributed by atoms with Crippen LogP contribution in [0.3, 0.4) is 0 Å². The molecule has 1 aliphatic rings. The SMILES string of the molecule is CC[C@@H](C(=O)O)N1CCCN(c2nccs2)CC1. The maximum absolute atomic E-state index is 11.2. The highest BCUT2D eigenvalue weighted by molar-refractivity contribution is 7.13. The molecular weight excluding hydrogens is 250 g/mol. The molecule has 0 unspecified atom stereocenters. The molecule has 5 nitrogen and oxygen atoms in total. The van der Waals surface area contributed by atoms with Crippen LogP contribution in [0.4, 0.5) is 5.13 Å². The second-order valence-electron chi connectivity index (χ2n) is 4.45. The fraction of sp³-hybridized carbons (Fsp3) is 0.667. The van der Waals surface area contributed by atoms with Gasteiger partial charge in [0.2, 0.25) is 0 Å². The first kappa shape index (κ1) is 13.3. The molecule has 100 valence electrons. The highest BCUT2D eigenvalue weighted by Crippen LogP contribution is 2.20. The minimum Gasteiger partial charge on any atom is -0.480 e. The van der Waals surface area contributed by atoms with Crippen LogP contribution in [0, 0.1) is 0 Å². The van der Waals surface area contributed by atoms with Gasteiger partial charge in [0.1, 0.15) is 6.04 Å². The van der Waals surface area contributed by atoms with Crippen molar-refractivity contribution in [3.05, 3.63) is 11.6 Å². The molecule has 0 amide bonds. The van der Waals surface area contributed by atoms with E-state index in [1.165, 1.54) is 0 Å². The molecule has 0 saturated carbocycles. The molecule has 0 radical (unpaired) electrons. The molecule has 2 rings (SSSR count). The van der Waals surface area contributed by atoms with Crippen LogP contribution in [-0.4, -0.2) is 53.2 Å². The number of aliphatic carboxylic acids is 1. The largest absolute Gasteiger partial charge is 0.480 e. The third-order valence-corrected chi connectivity index (χ3v) is 4.17. The van der Waals surface area contributed by atoms with Crippen molar-refractivity contribution >= 4 is 22.4 Å². The predicted molar refractivity (Wildman–Crippen MR) is 72.2 cm³/mol. The van der Waals surface area contributed by atoms with Crippen LogP contribution in [0.25, 0.3) is 0 Å². The first-order valence-electron chi connectivity index (χ1n) is 6.33. The molecule has 1 atom stereocenters. The van der Waals surface area contributed by atoms with Crippen LogP contribution in [0.5, 0.6) is 0 Å². The summed E-state index contributed by atoms with van der Waals surface area (Å²) in [4.78, 5) is 19.8. The molecule has 0 aliphatic carbocycles. The minimum absolute atomic E-state index is 0.346. The van der Waals surface area contributed by atoms with E-state index in [0.29, 0.717) is 6.42 Å². The molecule has 1 aromatic heterocycles. The molecule has 1 aliphatic heterocycles. The maximum Gasteiger partial charge on any atom is 0.320 e. The number of anilines is 1. The fourth-order valence-corrected chi connectivity index (χ4v) is 3.10. The predicted octanol–water partition coefficient (Wildman–Crippen LogP) is 1.52. The molecule has 0 spiro atoms. The Kier molecular flexibility index (Phi) is 4.54. The number of carboxylic acid groups (broad SMARTS) is 1. The molecule has 1 saturated heterocycles. The van der Waals surface area contributed by atoms with Crippen molar-refractivity contribution in [2.45, 2.75) is 25.8 Å². The quantitative estimate of drug-likeness (QED) is 0.898. The Morgan fingerprint density at radius 3 is 2.94 bits per heavy atom. The van der Waals surface area contributed by atoms with E-state index in [9.17, 15) is 9.90 Å². The van der Waals surface area contributed by atoms with E-state index in [-0.39, 0.29) is 6.04 Å². The first-order valence-corrected chi connectivity index (χ1v) is 7.21. The Morgan fingerprint density at radius 2 is 2.33 bits per heavy atom. The van der Waals surface area contributed by atoms with Crippen LogP contribution < -0.4 is 4.90 Å². The summed E-state index contributed by atoms with van der Waals surface area (Å²) in [5, 5.41) is 12.2. The van der Waals surface area contributed by atoms with Crippen molar-refractivity contribution < 1.29 is 9.90 Å². The topological polar surface area (TPSA) is 56.7 Å². The standard InChI is InChI=1S/C12H19N3O2S/c1-2-10(11(16)17)14-5-3-6-15(8-7-14)12-13-4-9-18-12/h4,9-10H,2-3,5-8H2,1H3,(H,16,17)/t10-/m0/s1. The van der Waals surface area contributed by atoms with E-state index in [0.717, 1.165) is 37.7 Å². The van der Waals surface area contributed by atoms with Gasteiger partial charge in [-0.15, -0.1) is 11.3 Å². The van der Waals surface area contributed by atoms with E-state index in [1.807, 2.05) is 18.5 Å². The number of rotatable bonds is 4. The zero-order valence-electron chi connectivity index (χ0n) is 10.6. The Bertz CT molecular complexity index is 383. The molecule has 1 aromatic rings. The molecule has 18 heavy (non-hydrogen) atoms. The summed E-state index contributed by atoms with van der Waals surface area (Å²) in [7, 11) is 0. The van der Waals surface area contributed by atoms with Gasteiger partial charge < -0.3 is 10.0 Å². The second kappa shape index (κ2) is 6.15. The summed E-state index contributed by atoms with van der Waals surface area (Å²) >= 11 is 1.64. The Labute approximate surface area is 111 Å². The van der Waals surface area contributed by atoms with Crippen molar-refractivity contribution in [2.24, 2.45) is 0 Å². The lowest BCUT2D eigenvalue weighted by atomic mass is 10.2. The molecule has 2 heterocycles. The van der Waals surface area contributed by atoms with Gasteiger partial charge in [0.25, 0.3) is 0 Å². The van der Waals surface area contributed by atoms with Crippen molar-refractivity contribution in [3.63, 3.8) is 0 Å². The van der Waals surface area contributed by atoms with E-state index in [1.54, 1.807) is 11.3 Å². The summed E-state index contributed by atoms with van der Waals surface area (Å²) in [5.41, 5.74) is 0. The van der Waals surface area contributed by atoms with Gasteiger partial charge in [-0.2, -0.15) is 0 Å². The molecule has 1 fully saturated rings. The molecule has 6 heteroatoms. The summed E-state index contributed by atoms with van der Waals surface area (Å²) in [6, 6.07) is -0.346. The van der Waals surface area contributed by atoms with Gasteiger partial charge in [-0.3, -0.25) is 9.69 Å².